The minimum absolute atomic E-state index is 0.277. The van der Waals surface area contributed by atoms with Crippen molar-refractivity contribution in [2.24, 2.45) is 0 Å². The van der Waals surface area contributed by atoms with Crippen LogP contribution in [0.15, 0.2) is 46.9 Å². The van der Waals surface area contributed by atoms with Gasteiger partial charge in [-0.25, -0.2) is 4.39 Å². The summed E-state index contributed by atoms with van der Waals surface area (Å²) in [5, 5.41) is 0. The van der Waals surface area contributed by atoms with Crippen molar-refractivity contribution in [1.82, 2.24) is 0 Å². The molecule has 0 aliphatic carbocycles. The molecule has 0 bridgehead atoms. The summed E-state index contributed by atoms with van der Waals surface area (Å²) in [5.41, 5.74) is 0.905. The second-order valence-electron chi connectivity index (χ2n) is 4.16. The molecule has 2 aromatic carbocycles. The number of carbonyl (C=O) groups is 1. The first-order valence-electron chi connectivity index (χ1n) is 5.90. The zero-order valence-electron chi connectivity index (χ0n) is 11.1. The van der Waals surface area contributed by atoms with E-state index >= 15 is 0 Å². The van der Waals surface area contributed by atoms with Gasteiger partial charge in [-0.3, -0.25) is 4.79 Å². The number of nitrogens with zero attached hydrogens (tertiary/aromatic N) is 1. The highest BCUT2D eigenvalue weighted by Gasteiger charge is 2.17. The van der Waals surface area contributed by atoms with E-state index < -0.39 is 5.82 Å². The van der Waals surface area contributed by atoms with Gasteiger partial charge in [-0.05, 0) is 46.3 Å². The first-order valence-corrected chi connectivity index (χ1v) is 6.70. The van der Waals surface area contributed by atoms with Crippen LogP contribution in [0, 0.1) is 5.82 Å². The van der Waals surface area contributed by atoms with Crippen molar-refractivity contribution in [3.05, 3.63) is 58.3 Å². The lowest BCUT2D eigenvalue weighted by Gasteiger charge is -2.20. The van der Waals surface area contributed by atoms with Crippen molar-refractivity contribution in [3.8, 4) is 5.75 Å². The molecule has 0 saturated heterocycles. The number of ether oxygens (including phenoxy) is 1. The lowest BCUT2D eigenvalue weighted by atomic mass is 10.2. The van der Waals surface area contributed by atoms with Gasteiger partial charge in [0.1, 0.15) is 11.6 Å². The van der Waals surface area contributed by atoms with Gasteiger partial charge in [0.2, 0.25) is 0 Å². The van der Waals surface area contributed by atoms with E-state index in [1.165, 1.54) is 24.1 Å². The van der Waals surface area contributed by atoms with E-state index in [4.69, 9.17) is 4.74 Å². The van der Waals surface area contributed by atoms with E-state index in [1.54, 1.807) is 25.2 Å². The minimum Gasteiger partial charge on any atom is -0.495 e. The second kappa shape index (κ2) is 6.05. The minimum atomic E-state index is -0.468. The van der Waals surface area contributed by atoms with Gasteiger partial charge in [0.15, 0.2) is 0 Å². The monoisotopic (exact) mass is 337 g/mol. The molecule has 2 aromatic rings. The van der Waals surface area contributed by atoms with Crippen molar-refractivity contribution in [1.29, 1.82) is 0 Å². The molecule has 20 heavy (non-hydrogen) atoms. The Morgan fingerprint density at radius 1 is 1.25 bits per heavy atom. The molecule has 0 saturated carbocycles. The summed E-state index contributed by atoms with van der Waals surface area (Å²) in [5.74, 6) is -0.189. The molecule has 3 nitrogen and oxygen atoms in total. The maximum absolute atomic E-state index is 13.5. The average molecular weight is 338 g/mol. The molecule has 5 heteroatoms. The Hall–Kier alpha value is -1.88. The molecule has 104 valence electrons. The lowest BCUT2D eigenvalue weighted by Crippen LogP contribution is -2.26. The maximum atomic E-state index is 13.5. The van der Waals surface area contributed by atoms with Gasteiger partial charge in [0.25, 0.3) is 5.91 Å². The summed E-state index contributed by atoms with van der Waals surface area (Å²) < 4.78 is 19.1. The lowest BCUT2D eigenvalue weighted by molar-refractivity contribution is 0.0992. The number of anilines is 1. The fourth-order valence-corrected chi connectivity index (χ4v) is 2.09. The van der Waals surface area contributed by atoms with Crippen molar-refractivity contribution in [2.45, 2.75) is 0 Å². The normalized spacial score (nSPS) is 10.2. The number of hydrogen-bond donors (Lipinski definition) is 0. The molecule has 0 aliphatic heterocycles. The van der Waals surface area contributed by atoms with Crippen LogP contribution in [0.25, 0.3) is 0 Å². The topological polar surface area (TPSA) is 29.5 Å². The van der Waals surface area contributed by atoms with Crippen molar-refractivity contribution < 1.29 is 13.9 Å². The van der Waals surface area contributed by atoms with Gasteiger partial charge in [-0.1, -0.05) is 12.1 Å². The van der Waals surface area contributed by atoms with Crippen LogP contribution in [0.5, 0.6) is 5.75 Å². The summed E-state index contributed by atoms with van der Waals surface area (Å²) in [6.07, 6.45) is 0. The van der Waals surface area contributed by atoms with E-state index in [9.17, 15) is 9.18 Å². The zero-order chi connectivity index (χ0) is 14.7. The van der Waals surface area contributed by atoms with Gasteiger partial charge >= 0.3 is 0 Å². The molecular formula is C15H13BrFNO2. The van der Waals surface area contributed by atoms with Crippen LogP contribution in [0.4, 0.5) is 10.1 Å². The number of para-hydroxylation sites is 2. The highest BCUT2D eigenvalue weighted by molar-refractivity contribution is 9.10. The number of carbonyl (C=O) groups excluding carboxylic acids is 1. The van der Waals surface area contributed by atoms with Crippen molar-refractivity contribution in [3.63, 3.8) is 0 Å². The third-order valence-electron chi connectivity index (χ3n) is 2.92. The van der Waals surface area contributed by atoms with Gasteiger partial charge in [-0.2, -0.15) is 0 Å². The zero-order valence-corrected chi connectivity index (χ0v) is 12.6. The van der Waals surface area contributed by atoms with Crippen LogP contribution in [-0.2, 0) is 0 Å². The maximum Gasteiger partial charge on any atom is 0.258 e. The van der Waals surface area contributed by atoms with Crippen LogP contribution >= 0.6 is 15.9 Å². The second-order valence-corrected chi connectivity index (χ2v) is 5.02. The number of amides is 1. The Bertz CT molecular complexity index is 646. The molecule has 0 radical (unpaired) electrons. The standard InChI is InChI=1S/C15H13BrFNO2/c1-18(13-5-3-4-6-14(13)20-2)15(19)10-7-8-11(16)12(17)9-10/h3-9H,1-2H3. The molecule has 0 fully saturated rings. The summed E-state index contributed by atoms with van der Waals surface area (Å²) in [7, 11) is 3.16. The summed E-state index contributed by atoms with van der Waals surface area (Å²) in [4.78, 5) is 13.8. The molecule has 2 rings (SSSR count). The highest BCUT2D eigenvalue weighted by atomic mass is 79.9. The molecule has 0 unspecified atom stereocenters. The molecule has 0 N–H and O–H groups in total. The van der Waals surface area contributed by atoms with Crippen molar-refractivity contribution >= 4 is 27.5 Å². The molecule has 0 aliphatic rings. The molecular weight excluding hydrogens is 325 g/mol. The highest BCUT2D eigenvalue weighted by Crippen LogP contribution is 2.28. The largest absolute Gasteiger partial charge is 0.495 e. The third kappa shape index (κ3) is 2.82. The van der Waals surface area contributed by atoms with Crippen LogP contribution in [-0.4, -0.2) is 20.1 Å². The van der Waals surface area contributed by atoms with Gasteiger partial charge in [0.05, 0.1) is 17.3 Å². The Morgan fingerprint density at radius 2 is 1.95 bits per heavy atom. The fraction of sp³-hybridized carbons (Fsp3) is 0.133. The number of methoxy groups -OCH3 is 1. The van der Waals surface area contributed by atoms with Crippen LogP contribution in [0.2, 0.25) is 0 Å². The fourth-order valence-electron chi connectivity index (χ4n) is 1.84. The Kier molecular flexibility index (Phi) is 4.39. The van der Waals surface area contributed by atoms with E-state index in [-0.39, 0.29) is 11.5 Å². The number of rotatable bonds is 3. The van der Waals surface area contributed by atoms with Gasteiger partial charge in [0, 0.05) is 12.6 Å². The quantitative estimate of drug-likeness (QED) is 0.850. The molecule has 0 atom stereocenters. The smallest absolute Gasteiger partial charge is 0.258 e. The number of hydrogen-bond acceptors (Lipinski definition) is 2. The summed E-state index contributed by atoms with van der Waals surface area (Å²) in [6.45, 7) is 0. The molecule has 0 heterocycles. The molecule has 0 spiro atoms. The van der Waals surface area contributed by atoms with Crippen LogP contribution < -0.4 is 9.64 Å². The molecule has 0 aromatic heterocycles. The SMILES string of the molecule is COc1ccccc1N(C)C(=O)c1ccc(Br)c(F)c1. The van der Waals surface area contributed by atoms with E-state index in [2.05, 4.69) is 15.9 Å². The molecule has 1 amide bonds. The summed E-state index contributed by atoms with van der Waals surface area (Å²) >= 11 is 3.06. The van der Waals surface area contributed by atoms with E-state index in [1.807, 2.05) is 12.1 Å². The van der Waals surface area contributed by atoms with Gasteiger partial charge in [-0.15, -0.1) is 0 Å². The predicted octanol–water partition coefficient (Wildman–Crippen LogP) is 3.87. The van der Waals surface area contributed by atoms with Crippen molar-refractivity contribution in [2.75, 3.05) is 19.1 Å². The number of halogens is 2. The Balaban J connectivity index is 2.34. The van der Waals surface area contributed by atoms with E-state index in [0.29, 0.717) is 15.9 Å². The van der Waals surface area contributed by atoms with Crippen LogP contribution in [0.3, 0.4) is 0 Å². The first-order chi connectivity index (χ1) is 9.54. The van der Waals surface area contributed by atoms with Crippen LogP contribution in [0.1, 0.15) is 10.4 Å². The summed E-state index contributed by atoms with van der Waals surface area (Å²) in [6, 6.07) is 11.5. The van der Waals surface area contributed by atoms with Gasteiger partial charge < -0.3 is 9.64 Å². The number of benzene rings is 2. The van der Waals surface area contributed by atoms with E-state index in [0.717, 1.165) is 0 Å². The first kappa shape index (κ1) is 14.5. The Morgan fingerprint density at radius 3 is 2.60 bits per heavy atom. The third-order valence-corrected chi connectivity index (χ3v) is 3.56. The predicted molar refractivity (Wildman–Crippen MR) is 79.8 cm³/mol. The Labute approximate surface area is 125 Å². The average Bonchev–Trinajstić information content (AvgIpc) is 2.48.